The van der Waals surface area contributed by atoms with E-state index in [2.05, 4.69) is 72.8 Å². The van der Waals surface area contributed by atoms with Gasteiger partial charge in [0.2, 0.25) is 0 Å². The SMILES string of the molecule is c1ccc(-c2cc(-c3ccccc3)nc(-c3ccc(-c4ccc5oc6cccc(-c7nc(-c8ccccc8)nc(-c8ccccc8)n7)c6c5c4)cc3)n2)cc1. The van der Waals surface area contributed by atoms with Crippen molar-refractivity contribution in [2.45, 2.75) is 0 Å². The average Bonchev–Trinajstić information content (AvgIpc) is 3.66. The maximum Gasteiger partial charge on any atom is 0.164 e. The number of hydrogen-bond acceptors (Lipinski definition) is 6. The zero-order chi connectivity index (χ0) is 36.6. The van der Waals surface area contributed by atoms with Gasteiger partial charge in [0.15, 0.2) is 23.3 Å². The molecule has 0 saturated carbocycles. The first-order chi connectivity index (χ1) is 27.2. The van der Waals surface area contributed by atoms with E-state index in [-0.39, 0.29) is 0 Å². The lowest BCUT2D eigenvalue weighted by Gasteiger charge is -2.10. The molecule has 0 amide bonds. The summed E-state index contributed by atoms with van der Waals surface area (Å²) in [6.45, 7) is 0. The standard InChI is InChI=1S/C49H31N5O/c1-5-14-33(15-6-1)41-31-42(34-16-7-2-8-17-34)51-46(50-41)37-26-24-32(25-27-37)38-28-29-43-40(30-38)45-39(22-13-23-44(45)55-43)49-53-47(35-18-9-3-10-19-35)52-48(54-49)36-20-11-4-12-21-36/h1-31H. The molecule has 0 unspecified atom stereocenters. The molecule has 3 heterocycles. The van der Waals surface area contributed by atoms with Crippen LogP contribution in [0, 0.1) is 0 Å². The fourth-order valence-corrected chi connectivity index (χ4v) is 7.02. The van der Waals surface area contributed by atoms with Crippen LogP contribution in [0.4, 0.5) is 0 Å². The van der Waals surface area contributed by atoms with Gasteiger partial charge in [-0.3, -0.25) is 0 Å². The van der Waals surface area contributed by atoms with Gasteiger partial charge in [-0.15, -0.1) is 0 Å². The lowest BCUT2D eigenvalue weighted by molar-refractivity contribution is 0.669. The van der Waals surface area contributed by atoms with Crippen LogP contribution in [0.1, 0.15) is 0 Å². The number of nitrogens with zero attached hydrogens (tertiary/aromatic N) is 5. The smallest absolute Gasteiger partial charge is 0.164 e. The fourth-order valence-electron chi connectivity index (χ4n) is 7.02. The number of fused-ring (bicyclic) bond motifs is 3. The van der Waals surface area contributed by atoms with Gasteiger partial charge in [-0.25, -0.2) is 24.9 Å². The number of furan rings is 1. The molecule has 10 rings (SSSR count). The number of aromatic nitrogens is 5. The summed E-state index contributed by atoms with van der Waals surface area (Å²) in [4.78, 5) is 25.0. The van der Waals surface area contributed by atoms with Crippen molar-refractivity contribution in [3.8, 4) is 79.2 Å². The van der Waals surface area contributed by atoms with E-state index in [9.17, 15) is 0 Å². The summed E-state index contributed by atoms with van der Waals surface area (Å²) in [6, 6.07) is 63.4. The Hall–Kier alpha value is -7.57. The third-order valence-corrected chi connectivity index (χ3v) is 9.78. The summed E-state index contributed by atoms with van der Waals surface area (Å²) in [5, 5.41) is 1.95. The quantitative estimate of drug-likeness (QED) is 0.164. The van der Waals surface area contributed by atoms with Crippen LogP contribution in [0.3, 0.4) is 0 Å². The molecule has 55 heavy (non-hydrogen) atoms. The molecule has 7 aromatic carbocycles. The molecular weight excluding hydrogens is 675 g/mol. The van der Waals surface area contributed by atoms with E-state index in [1.54, 1.807) is 0 Å². The summed E-state index contributed by atoms with van der Waals surface area (Å²) in [5.74, 6) is 2.49. The summed E-state index contributed by atoms with van der Waals surface area (Å²) in [7, 11) is 0. The van der Waals surface area contributed by atoms with Crippen molar-refractivity contribution < 1.29 is 4.42 Å². The van der Waals surface area contributed by atoms with E-state index in [1.165, 1.54) is 0 Å². The summed E-state index contributed by atoms with van der Waals surface area (Å²) < 4.78 is 6.42. The van der Waals surface area contributed by atoms with E-state index >= 15 is 0 Å². The van der Waals surface area contributed by atoms with Crippen LogP contribution in [0.5, 0.6) is 0 Å². The van der Waals surface area contributed by atoms with E-state index < -0.39 is 0 Å². The maximum absolute atomic E-state index is 6.42. The summed E-state index contributed by atoms with van der Waals surface area (Å²) in [5.41, 5.74) is 11.2. The first-order valence-corrected chi connectivity index (χ1v) is 18.2. The van der Waals surface area contributed by atoms with Crippen LogP contribution in [0.2, 0.25) is 0 Å². The lowest BCUT2D eigenvalue weighted by atomic mass is 9.99. The van der Waals surface area contributed by atoms with Gasteiger partial charge in [0.1, 0.15) is 11.2 Å². The van der Waals surface area contributed by atoms with Crippen molar-refractivity contribution >= 4 is 21.9 Å². The van der Waals surface area contributed by atoms with Gasteiger partial charge in [0.25, 0.3) is 0 Å². The Kier molecular flexibility index (Phi) is 8.04. The van der Waals surface area contributed by atoms with Gasteiger partial charge in [0, 0.05) is 44.2 Å². The highest BCUT2D eigenvalue weighted by Crippen LogP contribution is 2.39. The number of benzene rings is 7. The minimum absolute atomic E-state index is 0.586. The first-order valence-electron chi connectivity index (χ1n) is 18.2. The lowest BCUT2D eigenvalue weighted by Crippen LogP contribution is -2.00. The summed E-state index contributed by atoms with van der Waals surface area (Å²) in [6.07, 6.45) is 0. The molecule has 10 aromatic rings. The number of rotatable bonds is 7. The second-order valence-electron chi connectivity index (χ2n) is 13.3. The Bertz CT molecular complexity index is 2830. The molecule has 0 fully saturated rings. The molecule has 6 nitrogen and oxygen atoms in total. The van der Waals surface area contributed by atoms with E-state index in [1.807, 2.05) is 115 Å². The molecular formula is C49H31N5O. The van der Waals surface area contributed by atoms with Crippen LogP contribution in [-0.4, -0.2) is 24.9 Å². The van der Waals surface area contributed by atoms with Gasteiger partial charge in [-0.1, -0.05) is 164 Å². The normalized spacial score (nSPS) is 11.3. The van der Waals surface area contributed by atoms with E-state index in [0.717, 1.165) is 77.8 Å². The molecule has 258 valence electrons. The van der Waals surface area contributed by atoms with Crippen molar-refractivity contribution in [1.82, 2.24) is 24.9 Å². The van der Waals surface area contributed by atoms with Crippen LogP contribution in [0.15, 0.2) is 192 Å². The van der Waals surface area contributed by atoms with Gasteiger partial charge in [-0.05, 0) is 35.4 Å². The Morgan fingerprint density at radius 2 is 0.745 bits per heavy atom. The molecule has 0 bridgehead atoms. The predicted molar refractivity (Wildman–Crippen MR) is 221 cm³/mol. The minimum Gasteiger partial charge on any atom is -0.456 e. The molecule has 0 aliphatic rings. The van der Waals surface area contributed by atoms with Gasteiger partial charge >= 0.3 is 0 Å². The first kappa shape index (κ1) is 32.1. The zero-order valence-electron chi connectivity index (χ0n) is 29.5. The van der Waals surface area contributed by atoms with E-state index in [0.29, 0.717) is 23.3 Å². The molecule has 0 aliphatic heterocycles. The second kappa shape index (κ2) is 13.8. The number of hydrogen-bond donors (Lipinski definition) is 0. The van der Waals surface area contributed by atoms with Crippen molar-refractivity contribution in [2.75, 3.05) is 0 Å². The van der Waals surface area contributed by atoms with Gasteiger partial charge < -0.3 is 4.42 Å². The van der Waals surface area contributed by atoms with Crippen LogP contribution >= 0.6 is 0 Å². The molecule has 3 aromatic heterocycles. The molecule has 0 spiro atoms. The van der Waals surface area contributed by atoms with Crippen molar-refractivity contribution in [2.24, 2.45) is 0 Å². The van der Waals surface area contributed by atoms with Gasteiger partial charge in [0.05, 0.1) is 11.4 Å². The highest BCUT2D eigenvalue weighted by Gasteiger charge is 2.19. The van der Waals surface area contributed by atoms with Crippen molar-refractivity contribution in [3.63, 3.8) is 0 Å². The Labute approximate surface area is 317 Å². The zero-order valence-corrected chi connectivity index (χ0v) is 29.5. The molecule has 0 saturated heterocycles. The molecule has 0 aliphatic carbocycles. The average molecular weight is 706 g/mol. The maximum atomic E-state index is 6.42. The van der Waals surface area contributed by atoms with Gasteiger partial charge in [-0.2, -0.15) is 0 Å². The molecule has 6 heteroatoms. The Balaban J connectivity index is 1.06. The second-order valence-corrected chi connectivity index (χ2v) is 13.3. The largest absolute Gasteiger partial charge is 0.456 e. The topological polar surface area (TPSA) is 77.6 Å². The third-order valence-electron chi connectivity index (χ3n) is 9.78. The fraction of sp³-hybridized carbons (Fsp3) is 0. The van der Waals surface area contributed by atoms with E-state index in [4.69, 9.17) is 29.3 Å². The van der Waals surface area contributed by atoms with Crippen LogP contribution < -0.4 is 0 Å². The van der Waals surface area contributed by atoms with Crippen molar-refractivity contribution in [3.05, 3.63) is 188 Å². The highest BCUT2D eigenvalue weighted by atomic mass is 16.3. The minimum atomic E-state index is 0.586. The predicted octanol–water partition coefficient (Wildman–Crippen LogP) is 12.2. The van der Waals surface area contributed by atoms with Crippen LogP contribution in [0.25, 0.3) is 101 Å². The van der Waals surface area contributed by atoms with Crippen LogP contribution in [-0.2, 0) is 0 Å². The molecule has 0 N–H and O–H groups in total. The third kappa shape index (κ3) is 6.22. The summed E-state index contributed by atoms with van der Waals surface area (Å²) >= 11 is 0. The molecule has 0 atom stereocenters. The Morgan fingerprint density at radius 1 is 0.291 bits per heavy atom. The Morgan fingerprint density at radius 3 is 1.31 bits per heavy atom. The van der Waals surface area contributed by atoms with Crippen molar-refractivity contribution in [1.29, 1.82) is 0 Å². The highest BCUT2D eigenvalue weighted by molar-refractivity contribution is 6.12. The molecule has 0 radical (unpaired) electrons. The monoisotopic (exact) mass is 705 g/mol.